The number of anilines is 2. The SMILES string of the molecule is O=C(CN1C[C@@H]2C[C@@H](C1)c1cccc(=O)n1C2)N1c2ccccc2Sc2ccc(C(F)(F)F)cc21. The summed E-state index contributed by atoms with van der Waals surface area (Å²) in [4.78, 5) is 31.0. The van der Waals surface area contributed by atoms with Crippen molar-refractivity contribution < 1.29 is 18.0 Å². The molecule has 3 aliphatic rings. The molecule has 2 aromatic carbocycles. The molecule has 0 aliphatic carbocycles. The zero-order valence-electron chi connectivity index (χ0n) is 18.7. The van der Waals surface area contributed by atoms with Gasteiger partial charge in [-0.1, -0.05) is 30.0 Å². The molecule has 0 N–H and O–H groups in total. The lowest BCUT2D eigenvalue weighted by Gasteiger charge is -2.43. The van der Waals surface area contributed by atoms with Crippen LogP contribution in [0, 0.1) is 5.92 Å². The van der Waals surface area contributed by atoms with Gasteiger partial charge < -0.3 is 4.57 Å². The molecule has 1 fully saturated rings. The van der Waals surface area contributed by atoms with E-state index in [1.807, 2.05) is 22.8 Å². The van der Waals surface area contributed by atoms with Crippen molar-refractivity contribution in [3.63, 3.8) is 0 Å². The molecule has 6 rings (SSSR count). The summed E-state index contributed by atoms with van der Waals surface area (Å²) in [7, 11) is 0. The van der Waals surface area contributed by atoms with Gasteiger partial charge in [0.2, 0.25) is 5.91 Å². The number of piperidine rings is 1. The van der Waals surface area contributed by atoms with Crippen LogP contribution in [0.15, 0.2) is 75.2 Å². The summed E-state index contributed by atoms with van der Waals surface area (Å²) in [5.74, 6) is 0.142. The van der Waals surface area contributed by atoms with Crippen LogP contribution in [0.2, 0.25) is 0 Å². The van der Waals surface area contributed by atoms with Gasteiger partial charge in [0.05, 0.1) is 23.5 Å². The molecule has 180 valence electrons. The molecule has 3 aliphatic heterocycles. The minimum atomic E-state index is -4.50. The topological polar surface area (TPSA) is 45.6 Å². The Hall–Kier alpha value is -3.04. The number of hydrogen-bond donors (Lipinski definition) is 0. The molecule has 0 radical (unpaired) electrons. The van der Waals surface area contributed by atoms with E-state index in [2.05, 4.69) is 4.90 Å². The van der Waals surface area contributed by atoms with Crippen molar-refractivity contribution in [1.29, 1.82) is 0 Å². The molecular weight excluding hydrogens is 475 g/mol. The van der Waals surface area contributed by atoms with Gasteiger partial charge in [0.1, 0.15) is 0 Å². The number of benzene rings is 2. The van der Waals surface area contributed by atoms with Gasteiger partial charge in [0.25, 0.3) is 5.56 Å². The van der Waals surface area contributed by atoms with Gasteiger partial charge in [-0.05, 0) is 48.7 Å². The molecule has 2 bridgehead atoms. The maximum Gasteiger partial charge on any atom is 0.416 e. The van der Waals surface area contributed by atoms with Crippen LogP contribution < -0.4 is 10.5 Å². The number of carbonyl (C=O) groups is 1. The molecular formula is C26H22F3N3O2S. The van der Waals surface area contributed by atoms with E-state index in [0.717, 1.165) is 29.1 Å². The maximum atomic E-state index is 13.7. The van der Waals surface area contributed by atoms with Crippen LogP contribution in [0.1, 0.15) is 23.6 Å². The highest BCUT2D eigenvalue weighted by molar-refractivity contribution is 7.99. The average Bonchev–Trinajstić information content (AvgIpc) is 2.82. The summed E-state index contributed by atoms with van der Waals surface area (Å²) < 4.78 is 42.3. The number of carbonyl (C=O) groups excluding carboxylic acids is 1. The summed E-state index contributed by atoms with van der Waals surface area (Å²) in [6, 6.07) is 16.2. The molecule has 4 heterocycles. The van der Waals surface area contributed by atoms with E-state index in [4.69, 9.17) is 0 Å². The van der Waals surface area contributed by atoms with Crippen LogP contribution in [0.4, 0.5) is 24.5 Å². The number of halogens is 3. The van der Waals surface area contributed by atoms with Crippen molar-refractivity contribution in [2.24, 2.45) is 5.92 Å². The Bertz CT molecular complexity index is 1390. The number of amides is 1. The third-order valence-electron chi connectivity index (χ3n) is 7.02. The molecule has 1 amide bonds. The molecule has 2 atom stereocenters. The zero-order valence-corrected chi connectivity index (χ0v) is 19.5. The fourth-order valence-corrected chi connectivity index (χ4v) is 6.62. The largest absolute Gasteiger partial charge is 0.416 e. The molecule has 0 spiro atoms. The van der Waals surface area contributed by atoms with Crippen LogP contribution in [-0.4, -0.2) is 35.0 Å². The van der Waals surface area contributed by atoms with E-state index in [9.17, 15) is 22.8 Å². The van der Waals surface area contributed by atoms with Gasteiger partial charge in [-0.25, -0.2) is 0 Å². The Balaban J connectivity index is 1.32. The first kappa shape index (κ1) is 22.4. The number of rotatable bonds is 2. The van der Waals surface area contributed by atoms with Crippen LogP contribution in [0.25, 0.3) is 0 Å². The zero-order chi connectivity index (χ0) is 24.3. The highest BCUT2D eigenvalue weighted by Gasteiger charge is 2.38. The van der Waals surface area contributed by atoms with E-state index < -0.39 is 11.7 Å². The van der Waals surface area contributed by atoms with Gasteiger partial charge in [-0.15, -0.1) is 0 Å². The van der Waals surface area contributed by atoms with Crippen molar-refractivity contribution in [2.75, 3.05) is 24.5 Å². The van der Waals surface area contributed by atoms with Gasteiger partial charge in [0, 0.05) is 47.1 Å². The predicted octanol–water partition coefficient (Wildman–Crippen LogP) is 5.12. The van der Waals surface area contributed by atoms with E-state index in [-0.39, 0.29) is 35.5 Å². The molecule has 3 aromatic rings. The number of pyridine rings is 1. The number of nitrogens with zero attached hydrogens (tertiary/aromatic N) is 3. The lowest BCUT2D eigenvalue weighted by Crippen LogP contribution is -2.50. The summed E-state index contributed by atoms with van der Waals surface area (Å²) in [5.41, 5.74) is 1.08. The quantitative estimate of drug-likeness (QED) is 0.493. The normalized spacial score (nSPS) is 21.2. The number of aromatic nitrogens is 1. The van der Waals surface area contributed by atoms with Crippen molar-refractivity contribution in [3.8, 4) is 0 Å². The Labute approximate surface area is 204 Å². The van der Waals surface area contributed by atoms with E-state index in [1.54, 1.807) is 24.3 Å². The van der Waals surface area contributed by atoms with Crippen molar-refractivity contribution in [3.05, 3.63) is 82.3 Å². The van der Waals surface area contributed by atoms with Gasteiger partial charge in [-0.2, -0.15) is 13.2 Å². The standard InChI is InChI=1S/C26H22F3N3O2S/c27-26(28,29)18-8-9-23-21(11-18)32(20-4-1-2-6-22(20)35-23)25(34)15-30-12-16-10-17(14-30)19-5-3-7-24(33)31(19)13-16/h1-9,11,16-17H,10,12-15H2/t16-,17-/m0/s1. The second-order valence-electron chi connectivity index (χ2n) is 9.37. The lowest BCUT2D eigenvalue weighted by molar-refractivity contribution is -0.137. The first-order valence-electron chi connectivity index (χ1n) is 11.5. The van der Waals surface area contributed by atoms with Crippen molar-refractivity contribution in [2.45, 2.75) is 34.9 Å². The molecule has 35 heavy (non-hydrogen) atoms. The molecule has 1 aromatic heterocycles. The first-order chi connectivity index (χ1) is 16.8. The third kappa shape index (κ3) is 3.96. The Morgan fingerprint density at radius 2 is 1.74 bits per heavy atom. The Kier molecular flexibility index (Phi) is 5.30. The number of fused-ring (bicyclic) bond motifs is 6. The van der Waals surface area contributed by atoms with Gasteiger partial charge >= 0.3 is 6.18 Å². The summed E-state index contributed by atoms with van der Waals surface area (Å²) >= 11 is 1.37. The van der Waals surface area contributed by atoms with Gasteiger partial charge in [-0.3, -0.25) is 19.4 Å². The maximum absolute atomic E-state index is 13.7. The second kappa shape index (κ2) is 8.27. The van der Waals surface area contributed by atoms with Crippen LogP contribution >= 0.6 is 11.8 Å². The number of para-hydroxylation sites is 1. The molecule has 0 unspecified atom stereocenters. The minimum Gasteiger partial charge on any atom is -0.312 e. The first-order valence-corrected chi connectivity index (χ1v) is 12.3. The predicted molar refractivity (Wildman–Crippen MR) is 127 cm³/mol. The molecule has 9 heteroatoms. The van der Waals surface area contributed by atoms with E-state index in [1.165, 1.54) is 22.7 Å². The lowest BCUT2D eigenvalue weighted by atomic mass is 9.83. The summed E-state index contributed by atoms with van der Waals surface area (Å²) in [6.07, 6.45) is -3.53. The molecule has 5 nitrogen and oxygen atoms in total. The van der Waals surface area contributed by atoms with Crippen molar-refractivity contribution >= 4 is 29.0 Å². The monoisotopic (exact) mass is 497 g/mol. The molecule has 0 saturated carbocycles. The summed E-state index contributed by atoms with van der Waals surface area (Å²) in [5, 5.41) is 0. The van der Waals surface area contributed by atoms with Crippen LogP contribution in [0.5, 0.6) is 0 Å². The Morgan fingerprint density at radius 1 is 0.943 bits per heavy atom. The van der Waals surface area contributed by atoms with Crippen molar-refractivity contribution in [1.82, 2.24) is 9.47 Å². The smallest absolute Gasteiger partial charge is 0.312 e. The minimum absolute atomic E-state index is 0.00114. The molecule has 1 saturated heterocycles. The van der Waals surface area contributed by atoms with E-state index >= 15 is 0 Å². The summed E-state index contributed by atoms with van der Waals surface area (Å²) in [6.45, 7) is 2.02. The van der Waals surface area contributed by atoms with E-state index in [0.29, 0.717) is 30.2 Å². The Morgan fingerprint density at radius 3 is 2.57 bits per heavy atom. The fourth-order valence-electron chi connectivity index (χ4n) is 5.59. The van der Waals surface area contributed by atoms with Gasteiger partial charge in [0.15, 0.2) is 0 Å². The van der Waals surface area contributed by atoms with Crippen LogP contribution in [0.3, 0.4) is 0 Å². The third-order valence-corrected chi connectivity index (χ3v) is 8.15. The highest BCUT2D eigenvalue weighted by Crippen LogP contribution is 2.49. The van der Waals surface area contributed by atoms with Crippen LogP contribution in [-0.2, 0) is 17.5 Å². The number of hydrogen-bond acceptors (Lipinski definition) is 4. The second-order valence-corrected chi connectivity index (χ2v) is 10.5. The highest BCUT2D eigenvalue weighted by atomic mass is 32.2. The average molecular weight is 498 g/mol. The number of likely N-dealkylation sites (tertiary alicyclic amines) is 1. The number of alkyl halides is 3. The fraction of sp³-hybridized carbons (Fsp3) is 0.308.